The monoisotopic (exact) mass is 421 g/mol. The van der Waals surface area contributed by atoms with E-state index in [1.54, 1.807) is 12.1 Å². The Hall–Kier alpha value is -2.86. The highest BCUT2D eigenvalue weighted by Crippen LogP contribution is 2.20. The topological polar surface area (TPSA) is 55.5 Å². The normalized spacial score (nSPS) is 16.0. The molecule has 1 fully saturated rings. The van der Waals surface area contributed by atoms with E-state index in [1.165, 1.54) is 16.5 Å². The molecule has 1 aliphatic heterocycles. The number of aliphatic imine (C=N–C) groups is 1. The molecule has 0 amide bonds. The number of para-hydroxylation sites is 1. The summed E-state index contributed by atoms with van der Waals surface area (Å²) >= 11 is 0. The highest BCUT2D eigenvalue weighted by Gasteiger charge is 2.20. The third-order valence-corrected chi connectivity index (χ3v) is 6.20. The minimum atomic E-state index is -0.103. The van der Waals surface area contributed by atoms with Crippen LogP contribution in [0.5, 0.6) is 0 Å². The number of aromatic amines is 1. The van der Waals surface area contributed by atoms with Crippen molar-refractivity contribution in [2.45, 2.75) is 25.8 Å². The summed E-state index contributed by atoms with van der Waals surface area (Å²) in [5.41, 5.74) is 3.29. The van der Waals surface area contributed by atoms with Gasteiger partial charge in [-0.3, -0.25) is 9.89 Å². The Labute approximate surface area is 183 Å². The Morgan fingerprint density at radius 2 is 1.84 bits per heavy atom. The average Bonchev–Trinajstić information content (AvgIpc) is 3.22. The van der Waals surface area contributed by atoms with Gasteiger partial charge in [0.1, 0.15) is 5.82 Å². The van der Waals surface area contributed by atoms with Crippen molar-refractivity contribution in [3.8, 4) is 0 Å². The molecule has 0 saturated carbocycles. The van der Waals surface area contributed by atoms with E-state index in [0.717, 1.165) is 57.0 Å². The van der Waals surface area contributed by atoms with Crippen molar-refractivity contribution in [2.24, 2.45) is 10.9 Å². The first-order valence-electron chi connectivity index (χ1n) is 11.2. The van der Waals surface area contributed by atoms with Gasteiger partial charge in [-0.2, -0.15) is 0 Å². The average molecular weight is 422 g/mol. The zero-order valence-electron chi connectivity index (χ0n) is 18.2. The number of nitrogens with one attached hydrogen (secondary N) is 3. The molecular weight excluding hydrogens is 389 g/mol. The van der Waals surface area contributed by atoms with Crippen molar-refractivity contribution in [1.82, 2.24) is 20.5 Å². The Bertz CT molecular complexity index is 1000. The number of piperidine rings is 1. The predicted molar refractivity (Wildman–Crippen MR) is 126 cm³/mol. The number of nitrogens with zero attached hydrogens (tertiary/aromatic N) is 2. The summed E-state index contributed by atoms with van der Waals surface area (Å²) < 4.78 is 13.9. The first-order chi connectivity index (χ1) is 15.2. The number of benzene rings is 2. The molecule has 1 saturated heterocycles. The zero-order valence-corrected chi connectivity index (χ0v) is 18.2. The molecule has 0 spiro atoms. The molecule has 1 aliphatic rings. The number of hydrogen-bond donors (Lipinski definition) is 3. The third-order valence-electron chi connectivity index (χ3n) is 6.20. The highest BCUT2D eigenvalue weighted by atomic mass is 19.1. The maximum absolute atomic E-state index is 13.9. The van der Waals surface area contributed by atoms with Gasteiger partial charge in [-0.1, -0.05) is 36.4 Å². The maximum atomic E-state index is 13.9. The lowest BCUT2D eigenvalue weighted by Crippen LogP contribution is -2.43. The van der Waals surface area contributed by atoms with E-state index in [0.29, 0.717) is 12.5 Å². The summed E-state index contributed by atoms with van der Waals surface area (Å²) in [4.78, 5) is 10.1. The van der Waals surface area contributed by atoms with Gasteiger partial charge >= 0.3 is 0 Å². The molecule has 0 unspecified atom stereocenters. The van der Waals surface area contributed by atoms with Crippen LogP contribution in [0.2, 0.25) is 0 Å². The smallest absolute Gasteiger partial charge is 0.190 e. The summed E-state index contributed by atoms with van der Waals surface area (Å²) in [6, 6.07) is 15.5. The second kappa shape index (κ2) is 10.4. The number of rotatable bonds is 7. The molecule has 2 aromatic carbocycles. The van der Waals surface area contributed by atoms with Gasteiger partial charge in [0.15, 0.2) is 5.96 Å². The molecular formula is C25H32FN5. The van der Waals surface area contributed by atoms with Gasteiger partial charge in [0.25, 0.3) is 0 Å². The fourth-order valence-corrected chi connectivity index (χ4v) is 4.33. The lowest BCUT2D eigenvalue weighted by molar-refractivity contribution is 0.176. The van der Waals surface area contributed by atoms with E-state index < -0.39 is 0 Å². The first kappa shape index (κ1) is 21.4. The van der Waals surface area contributed by atoms with Crippen LogP contribution in [-0.2, 0) is 13.0 Å². The Morgan fingerprint density at radius 3 is 2.65 bits per heavy atom. The fraction of sp³-hybridized carbons (Fsp3) is 0.400. The van der Waals surface area contributed by atoms with Gasteiger partial charge in [0.05, 0.1) is 0 Å². The van der Waals surface area contributed by atoms with Gasteiger partial charge in [0.2, 0.25) is 0 Å². The molecule has 0 bridgehead atoms. The van der Waals surface area contributed by atoms with Crippen LogP contribution in [0.15, 0.2) is 59.7 Å². The lowest BCUT2D eigenvalue weighted by atomic mass is 9.96. The molecule has 5 nitrogen and oxygen atoms in total. The van der Waals surface area contributed by atoms with Crippen molar-refractivity contribution in [3.63, 3.8) is 0 Å². The Kier molecular flexibility index (Phi) is 7.20. The summed E-state index contributed by atoms with van der Waals surface area (Å²) in [7, 11) is 1.82. The number of H-pyrrole nitrogens is 1. The number of likely N-dealkylation sites (tertiary alicyclic amines) is 1. The molecule has 6 heteroatoms. The van der Waals surface area contributed by atoms with Crippen LogP contribution in [0.4, 0.5) is 4.39 Å². The number of halogens is 1. The van der Waals surface area contributed by atoms with Crippen molar-refractivity contribution >= 4 is 16.9 Å². The Balaban J connectivity index is 1.17. The van der Waals surface area contributed by atoms with Crippen LogP contribution < -0.4 is 10.6 Å². The van der Waals surface area contributed by atoms with Crippen LogP contribution in [-0.4, -0.2) is 49.1 Å². The predicted octanol–water partition coefficient (Wildman–Crippen LogP) is 3.93. The van der Waals surface area contributed by atoms with Gasteiger partial charge < -0.3 is 15.6 Å². The molecule has 3 aromatic rings. The third kappa shape index (κ3) is 5.64. The van der Waals surface area contributed by atoms with Crippen molar-refractivity contribution in [3.05, 3.63) is 71.7 Å². The second-order valence-electron chi connectivity index (χ2n) is 8.30. The molecule has 0 atom stereocenters. The summed E-state index contributed by atoms with van der Waals surface area (Å²) in [6.45, 7) is 4.47. The van der Waals surface area contributed by atoms with E-state index >= 15 is 0 Å². The summed E-state index contributed by atoms with van der Waals surface area (Å²) in [5, 5.41) is 8.20. The lowest BCUT2D eigenvalue weighted by Gasteiger charge is -2.32. The van der Waals surface area contributed by atoms with E-state index in [2.05, 4.69) is 56.0 Å². The molecule has 4 rings (SSSR count). The first-order valence-corrected chi connectivity index (χ1v) is 11.2. The van der Waals surface area contributed by atoms with E-state index in [9.17, 15) is 4.39 Å². The standard InChI is InChI=1S/C25H32FN5/c1-27-25(28-13-10-20-17-29-24-9-5-3-7-22(20)24)30-16-19-11-14-31(15-12-19)18-21-6-2-4-8-23(21)26/h2-9,17,19,29H,10-16,18H2,1H3,(H2,27,28,30). The largest absolute Gasteiger partial charge is 0.361 e. The molecule has 2 heterocycles. The minimum absolute atomic E-state index is 0.103. The van der Waals surface area contributed by atoms with Crippen LogP contribution in [0, 0.1) is 11.7 Å². The van der Waals surface area contributed by atoms with Gasteiger partial charge in [0, 0.05) is 49.3 Å². The number of guanidine groups is 1. The molecule has 164 valence electrons. The number of aromatic nitrogens is 1. The van der Waals surface area contributed by atoms with E-state index in [-0.39, 0.29) is 5.82 Å². The van der Waals surface area contributed by atoms with Gasteiger partial charge in [-0.05, 0) is 56.0 Å². The van der Waals surface area contributed by atoms with Crippen LogP contribution in [0.25, 0.3) is 10.9 Å². The highest BCUT2D eigenvalue weighted by molar-refractivity contribution is 5.83. The molecule has 0 aliphatic carbocycles. The van der Waals surface area contributed by atoms with E-state index in [1.807, 2.05) is 19.2 Å². The van der Waals surface area contributed by atoms with Crippen molar-refractivity contribution < 1.29 is 4.39 Å². The molecule has 1 aromatic heterocycles. The van der Waals surface area contributed by atoms with Crippen LogP contribution >= 0.6 is 0 Å². The zero-order chi connectivity index (χ0) is 21.5. The molecule has 3 N–H and O–H groups in total. The van der Waals surface area contributed by atoms with Gasteiger partial charge in [-0.15, -0.1) is 0 Å². The van der Waals surface area contributed by atoms with Crippen LogP contribution in [0.1, 0.15) is 24.0 Å². The maximum Gasteiger partial charge on any atom is 0.190 e. The SMILES string of the molecule is CN=C(NCCc1c[nH]c2ccccc12)NCC1CCN(Cc2ccccc2F)CC1. The minimum Gasteiger partial charge on any atom is -0.361 e. The summed E-state index contributed by atoms with van der Waals surface area (Å²) in [5.74, 6) is 1.37. The van der Waals surface area contributed by atoms with Gasteiger partial charge in [-0.25, -0.2) is 4.39 Å². The summed E-state index contributed by atoms with van der Waals surface area (Å²) in [6.07, 6.45) is 5.28. The fourth-order valence-electron chi connectivity index (χ4n) is 4.33. The Morgan fingerprint density at radius 1 is 1.06 bits per heavy atom. The quantitative estimate of drug-likeness (QED) is 0.400. The second-order valence-corrected chi connectivity index (χ2v) is 8.30. The van der Waals surface area contributed by atoms with E-state index in [4.69, 9.17) is 0 Å². The molecule has 31 heavy (non-hydrogen) atoms. The van der Waals surface area contributed by atoms with Crippen molar-refractivity contribution in [1.29, 1.82) is 0 Å². The molecule has 0 radical (unpaired) electrons. The van der Waals surface area contributed by atoms with Crippen molar-refractivity contribution in [2.75, 3.05) is 33.2 Å². The number of hydrogen-bond acceptors (Lipinski definition) is 2. The number of fused-ring (bicyclic) bond motifs is 1. The van der Waals surface area contributed by atoms with Crippen LogP contribution in [0.3, 0.4) is 0 Å².